The van der Waals surface area contributed by atoms with Crippen LogP contribution in [0.2, 0.25) is 0 Å². The molecule has 4 rings (SSSR count). The van der Waals surface area contributed by atoms with Crippen LogP contribution in [0.3, 0.4) is 0 Å². The molecule has 8 nitrogen and oxygen atoms in total. The maximum absolute atomic E-state index is 12.6. The van der Waals surface area contributed by atoms with Gasteiger partial charge in [-0.05, 0) is 24.8 Å². The lowest BCUT2D eigenvalue weighted by molar-refractivity contribution is 0.0758. The number of nitrogens with one attached hydrogen (secondary N) is 1. The number of imidazole rings is 1. The molecule has 2 aliphatic rings. The SMILES string of the molecule is O=C(N[C@@H]1CC(Cn2cccn2)C[C@H]1O)c1cnc2n1CCOC2. The fourth-order valence-corrected chi connectivity index (χ4v) is 3.62. The van der Waals surface area contributed by atoms with Gasteiger partial charge in [0.05, 0.1) is 24.9 Å². The molecule has 1 aliphatic heterocycles. The molecule has 1 aliphatic carbocycles. The van der Waals surface area contributed by atoms with Crippen molar-refractivity contribution in [3.05, 3.63) is 36.2 Å². The number of aliphatic hydroxyl groups excluding tert-OH is 1. The molecule has 0 spiro atoms. The highest BCUT2D eigenvalue weighted by atomic mass is 16.5. The van der Waals surface area contributed by atoms with Crippen LogP contribution < -0.4 is 5.32 Å². The predicted molar refractivity (Wildman–Crippen MR) is 84.1 cm³/mol. The lowest BCUT2D eigenvalue weighted by Gasteiger charge is -2.19. The van der Waals surface area contributed by atoms with E-state index in [-0.39, 0.29) is 11.9 Å². The van der Waals surface area contributed by atoms with Crippen LogP contribution in [-0.4, -0.2) is 49.1 Å². The molecule has 128 valence electrons. The highest BCUT2D eigenvalue weighted by Gasteiger charge is 2.35. The molecule has 3 atom stereocenters. The second kappa shape index (κ2) is 6.37. The van der Waals surface area contributed by atoms with E-state index in [1.165, 1.54) is 0 Å². The number of hydrogen-bond donors (Lipinski definition) is 2. The predicted octanol–water partition coefficient (Wildman–Crippen LogP) is 0.179. The van der Waals surface area contributed by atoms with E-state index >= 15 is 0 Å². The zero-order chi connectivity index (χ0) is 16.5. The van der Waals surface area contributed by atoms with Crippen LogP contribution in [0.1, 0.15) is 29.2 Å². The van der Waals surface area contributed by atoms with Crippen molar-refractivity contribution in [2.24, 2.45) is 5.92 Å². The van der Waals surface area contributed by atoms with Crippen molar-refractivity contribution in [2.45, 2.75) is 44.7 Å². The van der Waals surface area contributed by atoms with Gasteiger partial charge < -0.3 is 19.7 Å². The first-order valence-electron chi connectivity index (χ1n) is 8.29. The molecule has 0 aromatic carbocycles. The third kappa shape index (κ3) is 2.94. The van der Waals surface area contributed by atoms with Crippen molar-refractivity contribution < 1.29 is 14.6 Å². The number of aromatic nitrogens is 4. The number of rotatable bonds is 4. The van der Waals surface area contributed by atoms with Gasteiger partial charge in [-0.1, -0.05) is 0 Å². The zero-order valence-corrected chi connectivity index (χ0v) is 13.3. The maximum Gasteiger partial charge on any atom is 0.269 e. The first-order chi connectivity index (χ1) is 11.7. The smallest absolute Gasteiger partial charge is 0.269 e. The summed E-state index contributed by atoms with van der Waals surface area (Å²) in [6.45, 7) is 2.41. The lowest BCUT2D eigenvalue weighted by atomic mass is 10.1. The highest BCUT2D eigenvalue weighted by molar-refractivity contribution is 5.92. The molecule has 2 aromatic rings. The van der Waals surface area contributed by atoms with Crippen LogP contribution in [0.15, 0.2) is 24.7 Å². The molecular weight excluding hydrogens is 310 g/mol. The summed E-state index contributed by atoms with van der Waals surface area (Å²) in [4.78, 5) is 16.8. The molecule has 1 fully saturated rings. The van der Waals surface area contributed by atoms with E-state index in [0.29, 0.717) is 37.8 Å². The minimum atomic E-state index is -0.526. The quantitative estimate of drug-likeness (QED) is 0.833. The maximum atomic E-state index is 12.6. The number of fused-ring (bicyclic) bond motifs is 1. The minimum Gasteiger partial charge on any atom is -0.391 e. The molecule has 3 heterocycles. The summed E-state index contributed by atoms with van der Waals surface area (Å²) in [6, 6.07) is 1.65. The van der Waals surface area contributed by atoms with E-state index in [4.69, 9.17) is 4.74 Å². The van der Waals surface area contributed by atoms with E-state index in [1.54, 1.807) is 12.4 Å². The Morgan fingerprint density at radius 1 is 1.46 bits per heavy atom. The van der Waals surface area contributed by atoms with E-state index in [1.807, 2.05) is 21.5 Å². The Morgan fingerprint density at radius 2 is 2.38 bits per heavy atom. The molecule has 0 saturated heterocycles. The molecule has 1 unspecified atom stereocenters. The summed E-state index contributed by atoms with van der Waals surface area (Å²) in [5.41, 5.74) is 0.538. The van der Waals surface area contributed by atoms with Gasteiger partial charge in [0.1, 0.15) is 18.1 Å². The number of nitrogens with zero attached hydrogens (tertiary/aromatic N) is 4. The average molecular weight is 331 g/mol. The summed E-state index contributed by atoms with van der Waals surface area (Å²) in [7, 11) is 0. The van der Waals surface area contributed by atoms with Crippen LogP contribution in [0, 0.1) is 5.92 Å². The minimum absolute atomic E-state index is 0.181. The Balaban J connectivity index is 1.40. The Bertz CT molecular complexity index is 711. The summed E-state index contributed by atoms with van der Waals surface area (Å²) in [6.07, 6.45) is 6.14. The molecule has 1 amide bonds. The third-order valence-electron chi connectivity index (χ3n) is 4.81. The van der Waals surface area contributed by atoms with Gasteiger partial charge in [-0.3, -0.25) is 9.48 Å². The number of ether oxygens (including phenoxy) is 1. The highest BCUT2D eigenvalue weighted by Crippen LogP contribution is 2.27. The Labute approximate surface area is 139 Å². The fourth-order valence-electron chi connectivity index (χ4n) is 3.62. The first kappa shape index (κ1) is 15.3. The number of carbonyl (C=O) groups excluding carboxylic acids is 1. The summed E-state index contributed by atoms with van der Waals surface area (Å²) in [5, 5.41) is 17.5. The van der Waals surface area contributed by atoms with Crippen molar-refractivity contribution in [3.8, 4) is 0 Å². The van der Waals surface area contributed by atoms with E-state index < -0.39 is 6.10 Å². The Kier molecular flexibility index (Phi) is 4.07. The number of carbonyl (C=O) groups is 1. The van der Waals surface area contributed by atoms with Gasteiger partial charge >= 0.3 is 0 Å². The van der Waals surface area contributed by atoms with Crippen molar-refractivity contribution in [2.75, 3.05) is 6.61 Å². The molecule has 24 heavy (non-hydrogen) atoms. The van der Waals surface area contributed by atoms with Crippen LogP contribution in [0.25, 0.3) is 0 Å². The van der Waals surface area contributed by atoms with E-state index in [9.17, 15) is 9.90 Å². The molecule has 0 radical (unpaired) electrons. The first-order valence-corrected chi connectivity index (χ1v) is 8.29. The summed E-state index contributed by atoms with van der Waals surface area (Å²) in [5.74, 6) is 0.896. The van der Waals surface area contributed by atoms with Gasteiger partial charge in [0.25, 0.3) is 5.91 Å². The van der Waals surface area contributed by atoms with Crippen LogP contribution in [0.4, 0.5) is 0 Å². The molecule has 0 bridgehead atoms. The van der Waals surface area contributed by atoms with Crippen LogP contribution in [-0.2, 0) is 24.4 Å². The fraction of sp³-hybridized carbons (Fsp3) is 0.562. The summed E-state index contributed by atoms with van der Waals surface area (Å²) >= 11 is 0. The van der Waals surface area contributed by atoms with Crippen molar-refractivity contribution in [3.63, 3.8) is 0 Å². The van der Waals surface area contributed by atoms with Gasteiger partial charge in [0.2, 0.25) is 0 Å². The number of hydrogen-bond acceptors (Lipinski definition) is 5. The Hall–Kier alpha value is -2.19. The lowest BCUT2D eigenvalue weighted by Crippen LogP contribution is -2.41. The van der Waals surface area contributed by atoms with Crippen LogP contribution in [0.5, 0.6) is 0 Å². The third-order valence-corrected chi connectivity index (χ3v) is 4.81. The van der Waals surface area contributed by atoms with Crippen LogP contribution >= 0.6 is 0 Å². The number of amides is 1. The molecule has 2 N–H and O–H groups in total. The van der Waals surface area contributed by atoms with E-state index in [2.05, 4.69) is 15.4 Å². The normalized spacial score (nSPS) is 26.3. The van der Waals surface area contributed by atoms with Crippen molar-refractivity contribution in [1.82, 2.24) is 24.6 Å². The van der Waals surface area contributed by atoms with E-state index in [0.717, 1.165) is 18.8 Å². The van der Waals surface area contributed by atoms with Gasteiger partial charge in [0.15, 0.2) is 0 Å². The molecule has 1 saturated carbocycles. The molecule has 2 aromatic heterocycles. The largest absolute Gasteiger partial charge is 0.391 e. The van der Waals surface area contributed by atoms with Crippen molar-refractivity contribution in [1.29, 1.82) is 0 Å². The zero-order valence-electron chi connectivity index (χ0n) is 13.3. The standard InChI is InChI=1S/C16H21N5O3/c22-14-7-11(9-20-3-1-2-18-20)6-12(14)19-16(23)13-8-17-15-10-24-5-4-21(13)15/h1-3,8,11-12,14,22H,4-7,9-10H2,(H,19,23)/t11?,12-,14-/m1/s1. The van der Waals surface area contributed by atoms with Gasteiger partial charge in [-0.25, -0.2) is 4.98 Å². The topological polar surface area (TPSA) is 94.2 Å². The second-order valence-electron chi connectivity index (χ2n) is 6.48. The monoisotopic (exact) mass is 331 g/mol. The average Bonchev–Trinajstić information content (AvgIpc) is 3.29. The second-order valence-corrected chi connectivity index (χ2v) is 6.48. The molecule has 8 heteroatoms. The Morgan fingerprint density at radius 3 is 3.21 bits per heavy atom. The van der Waals surface area contributed by atoms with Gasteiger partial charge in [0, 0.05) is 25.5 Å². The number of aliphatic hydroxyl groups is 1. The van der Waals surface area contributed by atoms with Gasteiger partial charge in [-0.15, -0.1) is 0 Å². The summed E-state index contributed by atoms with van der Waals surface area (Å²) < 4.78 is 9.10. The van der Waals surface area contributed by atoms with Gasteiger partial charge in [-0.2, -0.15) is 5.10 Å². The van der Waals surface area contributed by atoms with Crippen molar-refractivity contribution >= 4 is 5.91 Å². The molecular formula is C16H21N5O3.